The number of rotatable bonds is 6. The number of piperazine rings is 1. The van der Waals surface area contributed by atoms with Gasteiger partial charge in [-0.25, -0.2) is 17.5 Å². The van der Waals surface area contributed by atoms with Gasteiger partial charge >= 0.3 is 0 Å². The molecule has 1 heterocycles. The number of anilines is 1. The van der Waals surface area contributed by atoms with Gasteiger partial charge in [0.05, 0.1) is 10.8 Å². The van der Waals surface area contributed by atoms with Crippen LogP contribution in [0.5, 0.6) is 0 Å². The molecule has 2 aliphatic rings. The molecule has 1 saturated carbocycles. The van der Waals surface area contributed by atoms with E-state index in [2.05, 4.69) is 15.9 Å². The van der Waals surface area contributed by atoms with Gasteiger partial charge in [-0.3, -0.25) is 9.69 Å². The van der Waals surface area contributed by atoms with E-state index in [4.69, 9.17) is 23.2 Å². The molecule has 1 saturated heterocycles. The third kappa shape index (κ3) is 5.20. The highest BCUT2D eigenvalue weighted by Gasteiger charge is 2.37. The lowest BCUT2D eigenvalue weighted by atomic mass is 10.1. The summed E-state index contributed by atoms with van der Waals surface area (Å²) in [5, 5.41) is 0.405. The predicted molar refractivity (Wildman–Crippen MR) is 124 cm³/mol. The van der Waals surface area contributed by atoms with Gasteiger partial charge in [0.1, 0.15) is 5.82 Å². The van der Waals surface area contributed by atoms with E-state index >= 15 is 0 Å². The molecule has 6 nitrogen and oxygen atoms in total. The van der Waals surface area contributed by atoms with Crippen molar-refractivity contribution < 1.29 is 17.6 Å². The van der Waals surface area contributed by atoms with E-state index in [1.807, 2.05) is 23.8 Å². The molecule has 1 N–H and O–H groups in total. The van der Waals surface area contributed by atoms with E-state index in [0.29, 0.717) is 24.9 Å². The van der Waals surface area contributed by atoms with Gasteiger partial charge in [0.2, 0.25) is 10.0 Å². The smallest absolute Gasteiger partial charge is 0.267 e. The second-order valence-corrected chi connectivity index (χ2v) is 11.1. The Morgan fingerprint density at radius 2 is 1.78 bits per heavy atom. The Balaban J connectivity index is 1.39. The Hall–Kier alpha value is -1.87. The minimum Gasteiger partial charge on any atom is -0.369 e. The number of hydrogen-bond acceptors (Lipinski definition) is 5. The lowest BCUT2D eigenvalue weighted by molar-refractivity contribution is 0.0977. The zero-order chi connectivity index (χ0) is 23.0. The SMILES string of the molecule is Cc1cc(N2CCN(Cc3cc(F)c(C(=O)NS(=O)(=O)C4CC4)cc3Cl)CC2)ccc1Cl. The van der Waals surface area contributed by atoms with Crippen molar-refractivity contribution in [2.45, 2.75) is 31.6 Å². The van der Waals surface area contributed by atoms with Gasteiger partial charge in [-0.2, -0.15) is 0 Å². The number of aryl methyl sites for hydroxylation is 1. The van der Waals surface area contributed by atoms with Gasteiger partial charge in [-0.15, -0.1) is 0 Å². The highest BCUT2D eigenvalue weighted by atomic mass is 35.5. The number of carbonyl (C=O) groups is 1. The summed E-state index contributed by atoms with van der Waals surface area (Å²) in [4.78, 5) is 16.7. The fourth-order valence-corrected chi connectivity index (χ4v) is 5.39. The molecule has 2 aromatic carbocycles. The van der Waals surface area contributed by atoms with E-state index in [0.717, 1.165) is 42.5 Å². The first-order valence-electron chi connectivity index (χ1n) is 10.4. The zero-order valence-corrected chi connectivity index (χ0v) is 19.9. The summed E-state index contributed by atoms with van der Waals surface area (Å²) in [5.74, 6) is -1.78. The fourth-order valence-electron chi connectivity index (χ4n) is 3.76. The predicted octanol–water partition coefficient (Wildman–Crippen LogP) is 3.99. The minimum absolute atomic E-state index is 0.233. The molecule has 0 bridgehead atoms. The second kappa shape index (κ2) is 9.17. The van der Waals surface area contributed by atoms with Crippen LogP contribution in [0.4, 0.5) is 10.1 Å². The average Bonchev–Trinajstić information content (AvgIpc) is 3.59. The van der Waals surface area contributed by atoms with Crippen LogP contribution in [-0.2, 0) is 16.6 Å². The van der Waals surface area contributed by atoms with Gasteiger partial charge in [0, 0.05) is 48.5 Å². The van der Waals surface area contributed by atoms with Crippen molar-refractivity contribution in [2.75, 3.05) is 31.1 Å². The first kappa shape index (κ1) is 23.3. The number of carbonyl (C=O) groups excluding carboxylic acids is 1. The summed E-state index contributed by atoms with van der Waals surface area (Å²) in [6.07, 6.45) is 1.02. The van der Waals surface area contributed by atoms with E-state index in [-0.39, 0.29) is 10.6 Å². The quantitative estimate of drug-likeness (QED) is 0.650. The van der Waals surface area contributed by atoms with Crippen molar-refractivity contribution in [2.24, 2.45) is 0 Å². The van der Waals surface area contributed by atoms with Crippen LogP contribution in [0.3, 0.4) is 0 Å². The summed E-state index contributed by atoms with van der Waals surface area (Å²) >= 11 is 12.4. The maximum Gasteiger partial charge on any atom is 0.267 e. The Morgan fingerprint density at radius 3 is 2.41 bits per heavy atom. The van der Waals surface area contributed by atoms with E-state index < -0.39 is 27.0 Å². The maximum atomic E-state index is 14.6. The molecule has 0 spiro atoms. The van der Waals surface area contributed by atoms with Crippen molar-refractivity contribution in [1.82, 2.24) is 9.62 Å². The molecule has 0 unspecified atom stereocenters. The molecule has 2 fully saturated rings. The van der Waals surface area contributed by atoms with Crippen LogP contribution in [-0.4, -0.2) is 50.7 Å². The van der Waals surface area contributed by atoms with Crippen molar-refractivity contribution in [1.29, 1.82) is 0 Å². The largest absolute Gasteiger partial charge is 0.369 e. The molecular weight excluding hydrogens is 476 g/mol. The highest BCUT2D eigenvalue weighted by Crippen LogP contribution is 2.29. The molecule has 1 aliphatic carbocycles. The zero-order valence-electron chi connectivity index (χ0n) is 17.6. The molecule has 0 aromatic heterocycles. The third-order valence-electron chi connectivity index (χ3n) is 5.85. The lowest BCUT2D eigenvalue weighted by Crippen LogP contribution is -2.46. The molecule has 172 valence electrons. The average molecular weight is 500 g/mol. The van der Waals surface area contributed by atoms with Gasteiger partial charge < -0.3 is 4.90 Å². The number of halogens is 3. The Labute approximate surface area is 197 Å². The summed E-state index contributed by atoms with van der Waals surface area (Å²) in [7, 11) is -3.76. The Kier molecular flexibility index (Phi) is 6.68. The van der Waals surface area contributed by atoms with Crippen molar-refractivity contribution >= 4 is 44.8 Å². The number of hydrogen-bond donors (Lipinski definition) is 1. The van der Waals surface area contributed by atoms with Gasteiger partial charge in [-0.1, -0.05) is 23.2 Å². The molecule has 10 heteroatoms. The van der Waals surface area contributed by atoms with Crippen molar-refractivity contribution in [3.05, 3.63) is 62.9 Å². The number of nitrogens with one attached hydrogen (secondary N) is 1. The number of nitrogens with zero attached hydrogens (tertiary/aromatic N) is 2. The van der Waals surface area contributed by atoms with Crippen LogP contribution in [0.1, 0.15) is 34.3 Å². The summed E-state index contributed by atoms with van der Waals surface area (Å²) < 4.78 is 40.5. The molecule has 0 atom stereocenters. The van der Waals surface area contributed by atoms with Crippen LogP contribution in [0.25, 0.3) is 0 Å². The highest BCUT2D eigenvalue weighted by molar-refractivity contribution is 7.91. The standard InChI is InChI=1S/C22H24Cl2FN3O3S/c1-14-10-16(2-5-19(14)23)28-8-6-27(7-9-28)13-15-11-21(25)18(12-20(15)24)22(29)26-32(30,31)17-3-4-17/h2,5,10-12,17H,3-4,6-9,13H2,1H3,(H,26,29). The fraction of sp³-hybridized carbons (Fsp3) is 0.409. The number of benzene rings is 2. The maximum absolute atomic E-state index is 14.6. The monoisotopic (exact) mass is 499 g/mol. The summed E-state index contributed by atoms with van der Waals surface area (Å²) in [6, 6.07) is 8.39. The topological polar surface area (TPSA) is 69.7 Å². The summed E-state index contributed by atoms with van der Waals surface area (Å²) in [6.45, 7) is 5.56. The van der Waals surface area contributed by atoms with E-state index in [9.17, 15) is 17.6 Å². The van der Waals surface area contributed by atoms with Gasteiger partial charge in [0.25, 0.3) is 5.91 Å². The van der Waals surface area contributed by atoms with Crippen LogP contribution < -0.4 is 9.62 Å². The van der Waals surface area contributed by atoms with Crippen LogP contribution >= 0.6 is 23.2 Å². The molecule has 4 rings (SSSR count). The molecular formula is C22H24Cl2FN3O3S. The Bertz CT molecular complexity index is 1150. The van der Waals surface area contributed by atoms with Crippen molar-refractivity contribution in [3.8, 4) is 0 Å². The minimum atomic E-state index is -3.76. The molecule has 2 aromatic rings. The lowest BCUT2D eigenvalue weighted by Gasteiger charge is -2.36. The van der Waals surface area contributed by atoms with E-state index in [1.165, 1.54) is 12.1 Å². The van der Waals surface area contributed by atoms with Crippen molar-refractivity contribution in [3.63, 3.8) is 0 Å². The van der Waals surface area contributed by atoms with E-state index in [1.54, 1.807) is 0 Å². The second-order valence-electron chi connectivity index (χ2n) is 8.30. The van der Waals surface area contributed by atoms with Gasteiger partial charge in [0.15, 0.2) is 0 Å². The van der Waals surface area contributed by atoms with Crippen LogP contribution in [0.2, 0.25) is 10.0 Å². The first-order valence-corrected chi connectivity index (χ1v) is 12.7. The normalized spacial score (nSPS) is 17.4. The molecule has 1 aliphatic heterocycles. The van der Waals surface area contributed by atoms with Gasteiger partial charge in [-0.05, 0) is 61.2 Å². The summed E-state index contributed by atoms with van der Waals surface area (Å²) in [5.41, 5.74) is 2.34. The van der Waals surface area contributed by atoms with Crippen LogP contribution in [0, 0.1) is 12.7 Å². The number of sulfonamides is 1. The Morgan fingerprint density at radius 1 is 1.09 bits per heavy atom. The first-order chi connectivity index (χ1) is 15.1. The number of amides is 1. The molecule has 0 radical (unpaired) electrons. The third-order valence-corrected chi connectivity index (χ3v) is 8.45. The van der Waals surface area contributed by atoms with Crippen LogP contribution in [0.15, 0.2) is 30.3 Å². The molecule has 32 heavy (non-hydrogen) atoms. The molecule has 1 amide bonds.